The Labute approximate surface area is 150 Å². The van der Waals surface area contributed by atoms with Gasteiger partial charge in [0.15, 0.2) is 16.4 Å². The molecule has 2 aromatic carbocycles. The lowest BCUT2D eigenvalue weighted by molar-refractivity contribution is -0.119. The highest BCUT2D eigenvalue weighted by atomic mass is 32.2. The topological polar surface area (TPSA) is 89.5 Å². The number of esters is 1. The molecule has 8 heteroatoms. The number of anilines is 1. The predicted octanol–water partition coefficient (Wildman–Crippen LogP) is 2.61. The standard InChI is InChI=1S/C17H17NO5S2/c1-24-15-9-4-3-8-14(15)18-16(19)11-23-17(20)12-6-5-7-13(10-12)25(2,21)22/h3-10H,11H2,1-2H3,(H,18,19). The van der Waals surface area contributed by atoms with Gasteiger partial charge in [0, 0.05) is 11.2 Å². The van der Waals surface area contributed by atoms with Crippen molar-refractivity contribution in [2.75, 3.05) is 24.4 Å². The van der Waals surface area contributed by atoms with Crippen molar-refractivity contribution in [1.29, 1.82) is 0 Å². The van der Waals surface area contributed by atoms with E-state index >= 15 is 0 Å². The van der Waals surface area contributed by atoms with E-state index in [9.17, 15) is 18.0 Å². The number of hydrogen-bond acceptors (Lipinski definition) is 6. The lowest BCUT2D eigenvalue weighted by Gasteiger charge is -2.10. The Morgan fingerprint density at radius 3 is 2.52 bits per heavy atom. The predicted molar refractivity (Wildman–Crippen MR) is 96.7 cm³/mol. The van der Waals surface area contributed by atoms with Crippen LogP contribution in [0, 0.1) is 0 Å². The fourth-order valence-electron chi connectivity index (χ4n) is 2.00. The van der Waals surface area contributed by atoms with Crippen LogP contribution in [0.5, 0.6) is 0 Å². The van der Waals surface area contributed by atoms with E-state index in [0.29, 0.717) is 5.69 Å². The smallest absolute Gasteiger partial charge is 0.338 e. The molecule has 0 spiro atoms. The fraction of sp³-hybridized carbons (Fsp3) is 0.176. The van der Waals surface area contributed by atoms with Crippen molar-refractivity contribution in [1.82, 2.24) is 0 Å². The largest absolute Gasteiger partial charge is 0.452 e. The van der Waals surface area contributed by atoms with Crippen molar-refractivity contribution in [3.63, 3.8) is 0 Å². The van der Waals surface area contributed by atoms with Crippen molar-refractivity contribution >= 4 is 39.2 Å². The molecule has 0 aliphatic rings. The van der Waals surface area contributed by atoms with Gasteiger partial charge in [-0.25, -0.2) is 13.2 Å². The molecule has 25 heavy (non-hydrogen) atoms. The molecule has 0 saturated carbocycles. The van der Waals surface area contributed by atoms with Crippen LogP contribution in [-0.4, -0.2) is 39.4 Å². The number of carbonyl (C=O) groups excluding carboxylic acids is 2. The van der Waals surface area contributed by atoms with Crippen molar-refractivity contribution in [3.05, 3.63) is 54.1 Å². The molecule has 132 valence electrons. The Hall–Kier alpha value is -2.32. The molecule has 6 nitrogen and oxygen atoms in total. The zero-order valence-electron chi connectivity index (χ0n) is 13.7. The Balaban J connectivity index is 1.99. The highest BCUT2D eigenvalue weighted by Gasteiger charge is 2.14. The lowest BCUT2D eigenvalue weighted by Crippen LogP contribution is -2.21. The molecule has 0 unspecified atom stereocenters. The van der Waals surface area contributed by atoms with Gasteiger partial charge in [-0.05, 0) is 36.6 Å². The minimum Gasteiger partial charge on any atom is -0.452 e. The van der Waals surface area contributed by atoms with Gasteiger partial charge >= 0.3 is 5.97 Å². The number of sulfone groups is 1. The fourth-order valence-corrected chi connectivity index (χ4v) is 3.22. The highest BCUT2D eigenvalue weighted by molar-refractivity contribution is 7.98. The number of para-hydroxylation sites is 1. The first-order chi connectivity index (χ1) is 11.8. The number of benzene rings is 2. The number of rotatable bonds is 6. The van der Waals surface area contributed by atoms with Gasteiger partial charge in [0.1, 0.15) is 0 Å². The molecule has 2 rings (SSSR count). The van der Waals surface area contributed by atoms with Gasteiger partial charge in [-0.2, -0.15) is 0 Å². The summed E-state index contributed by atoms with van der Waals surface area (Å²) >= 11 is 1.48. The zero-order valence-corrected chi connectivity index (χ0v) is 15.3. The highest BCUT2D eigenvalue weighted by Crippen LogP contribution is 2.24. The third-order valence-electron chi connectivity index (χ3n) is 3.21. The van der Waals surface area contributed by atoms with E-state index in [1.54, 1.807) is 12.1 Å². The number of thioether (sulfide) groups is 1. The SMILES string of the molecule is CSc1ccccc1NC(=O)COC(=O)c1cccc(S(C)(=O)=O)c1. The molecule has 0 saturated heterocycles. The molecule has 0 bridgehead atoms. The van der Waals surface area contributed by atoms with Crippen molar-refractivity contribution < 1.29 is 22.7 Å². The molecular formula is C17H17NO5S2. The number of carbonyl (C=O) groups is 2. The lowest BCUT2D eigenvalue weighted by atomic mass is 10.2. The second-order valence-electron chi connectivity index (χ2n) is 5.12. The Morgan fingerprint density at radius 1 is 1.12 bits per heavy atom. The van der Waals surface area contributed by atoms with Crippen LogP contribution in [0.3, 0.4) is 0 Å². The van der Waals surface area contributed by atoms with Gasteiger partial charge in [0.2, 0.25) is 0 Å². The van der Waals surface area contributed by atoms with Gasteiger partial charge in [-0.15, -0.1) is 11.8 Å². The third kappa shape index (κ3) is 5.33. The number of amides is 1. The van der Waals surface area contributed by atoms with Gasteiger partial charge < -0.3 is 10.1 Å². The summed E-state index contributed by atoms with van der Waals surface area (Å²) in [6, 6.07) is 12.7. The maximum atomic E-state index is 12.0. The molecular weight excluding hydrogens is 362 g/mol. The van der Waals surface area contributed by atoms with Crippen molar-refractivity contribution in [2.24, 2.45) is 0 Å². The summed E-state index contributed by atoms with van der Waals surface area (Å²) in [5.41, 5.74) is 0.704. The van der Waals surface area contributed by atoms with Crippen LogP contribution in [0.4, 0.5) is 5.69 Å². The van der Waals surface area contributed by atoms with Gasteiger partial charge in [-0.1, -0.05) is 18.2 Å². The first-order valence-electron chi connectivity index (χ1n) is 7.21. The normalized spacial score (nSPS) is 11.0. The summed E-state index contributed by atoms with van der Waals surface area (Å²) in [6.45, 7) is -0.468. The van der Waals surface area contributed by atoms with E-state index < -0.39 is 28.3 Å². The van der Waals surface area contributed by atoms with Crippen molar-refractivity contribution in [3.8, 4) is 0 Å². The van der Waals surface area contributed by atoms with E-state index in [2.05, 4.69) is 5.32 Å². The molecule has 1 N–H and O–H groups in total. The molecule has 1 amide bonds. The van der Waals surface area contributed by atoms with Gasteiger partial charge in [0.25, 0.3) is 5.91 Å². The van der Waals surface area contributed by atoms with E-state index in [-0.39, 0.29) is 10.5 Å². The number of nitrogens with one attached hydrogen (secondary N) is 1. The summed E-state index contributed by atoms with van der Waals surface area (Å²) in [6.07, 6.45) is 2.94. The molecule has 0 fully saturated rings. The van der Waals surface area contributed by atoms with E-state index in [1.807, 2.05) is 18.4 Å². The zero-order chi connectivity index (χ0) is 18.4. The number of ether oxygens (including phenoxy) is 1. The summed E-state index contributed by atoms with van der Waals surface area (Å²) in [5.74, 6) is -1.24. The van der Waals surface area contributed by atoms with Gasteiger partial charge in [-0.3, -0.25) is 4.79 Å². The first-order valence-corrected chi connectivity index (χ1v) is 10.3. The monoisotopic (exact) mass is 379 g/mol. The third-order valence-corrected chi connectivity index (χ3v) is 5.12. The number of hydrogen-bond donors (Lipinski definition) is 1. The molecule has 0 heterocycles. The van der Waals surface area contributed by atoms with E-state index in [0.717, 1.165) is 11.2 Å². The molecule has 0 aliphatic heterocycles. The maximum Gasteiger partial charge on any atom is 0.338 e. The van der Waals surface area contributed by atoms with Crippen LogP contribution in [0.15, 0.2) is 58.3 Å². The first kappa shape index (κ1) is 19.0. The van der Waals surface area contributed by atoms with Crippen LogP contribution in [0.1, 0.15) is 10.4 Å². The second-order valence-corrected chi connectivity index (χ2v) is 7.99. The molecule has 0 radical (unpaired) electrons. The van der Waals surface area contributed by atoms with Crippen LogP contribution in [0.2, 0.25) is 0 Å². The minimum absolute atomic E-state index is 0.0142. The molecule has 0 aliphatic carbocycles. The van der Waals surface area contributed by atoms with Crippen LogP contribution in [0.25, 0.3) is 0 Å². The average Bonchev–Trinajstić information content (AvgIpc) is 2.59. The Morgan fingerprint density at radius 2 is 1.84 bits per heavy atom. The average molecular weight is 379 g/mol. The van der Waals surface area contributed by atoms with Crippen LogP contribution >= 0.6 is 11.8 Å². The molecule has 2 aromatic rings. The van der Waals surface area contributed by atoms with E-state index in [4.69, 9.17) is 4.74 Å². The molecule has 0 atom stereocenters. The maximum absolute atomic E-state index is 12.0. The summed E-state index contributed by atoms with van der Waals surface area (Å²) < 4.78 is 28.0. The molecule has 0 aromatic heterocycles. The summed E-state index contributed by atoms with van der Waals surface area (Å²) in [5, 5.41) is 2.67. The summed E-state index contributed by atoms with van der Waals surface area (Å²) in [7, 11) is -3.43. The van der Waals surface area contributed by atoms with E-state index in [1.165, 1.54) is 36.0 Å². The Bertz CT molecular complexity index is 893. The summed E-state index contributed by atoms with van der Waals surface area (Å²) in [4.78, 5) is 24.9. The minimum atomic E-state index is -3.43. The quantitative estimate of drug-likeness (QED) is 0.613. The van der Waals surface area contributed by atoms with Gasteiger partial charge in [0.05, 0.1) is 16.1 Å². The van der Waals surface area contributed by atoms with Crippen LogP contribution in [-0.2, 0) is 19.4 Å². The second kappa shape index (κ2) is 8.17. The van der Waals surface area contributed by atoms with Crippen LogP contribution < -0.4 is 5.32 Å². The van der Waals surface area contributed by atoms with Crippen molar-refractivity contribution in [2.45, 2.75) is 9.79 Å². The Kier molecular flexibility index (Phi) is 6.22.